The average Bonchev–Trinajstić information content (AvgIpc) is 2.46. The highest BCUT2D eigenvalue weighted by Gasteiger charge is 2.33. The minimum atomic E-state index is -0.956. The van der Waals surface area contributed by atoms with Gasteiger partial charge in [0.2, 0.25) is 11.8 Å². The summed E-state index contributed by atoms with van der Waals surface area (Å²) in [4.78, 5) is 19.8. The van der Waals surface area contributed by atoms with Gasteiger partial charge in [-0.1, -0.05) is 0 Å². The maximum atomic E-state index is 11.1. The highest BCUT2D eigenvalue weighted by Crippen LogP contribution is 2.28. The number of nitrogen functional groups attached to an aromatic ring is 1. The average molecular weight is 298 g/mol. The first kappa shape index (κ1) is 15.4. The fourth-order valence-electron chi connectivity index (χ4n) is 2.27. The lowest BCUT2D eigenvalue weighted by Gasteiger charge is -2.35. The molecule has 1 aromatic heterocycles. The second kappa shape index (κ2) is 6.16. The number of ether oxygens (including phenoxy) is 1. The van der Waals surface area contributed by atoms with Gasteiger partial charge in [0.05, 0.1) is 10.5 Å². The van der Waals surface area contributed by atoms with Crippen molar-refractivity contribution in [2.24, 2.45) is 5.84 Å². The molecule has 0 spiro atoms. The molecule has 0 atom stereocenters. The number of aliphatic hydroxyl groups is 1. The Labute approximate surface area is 121 Å². The molecule has 116 valence electrons. The molecule has 1 saturated heterocycles. The van der Waals surface area contributed by atoms with Crippen LogP contribution in [0.1, 0.15) is 12.8 Å². The lowest BCUT2D eigenvalue weighted by molar-refractivity contribution is -0.384. The van der Waals surface area contributed by atoms with Gasteiger partial charge >= 0.3 is 5.69 Å². The fraction of sp³-hybridized carbons (Fsp3) is 0.636. The number of anilines is 2. The third kappa shape index (κ3) is 3.54. The van der Waals surface area contributed by atoms with Gasteiger partial charge in [-0.05, 0) is 0 Å². The zero-order chi connectivity index (χ0) is 15.5. The third-order valence-corrected chi connectivity index (χ3v) is 3.39. The fourth-order valence-corrected chi connectivity index (χ4v) is 2.27. The number of hydrogen-bond donors (Lipinski definition) is 3. The van der Waals surface area contributed by atoms with E-state index in [0.29, 0.717) is 26.1 Å². The maximum Gasteiger partial charge on any atom is 0.329 e. The van der Waals surface area contributed by atoms with E-state index in [1.807, 2.05) is 0 Å². The molecule has 0 unspecified atom stereocenters. The summed E-state index contributed by atoms with van der Waals surface area (Å²) in [5, 5.41) is 21.5. The molecule has 0 aromatic carbocycles. The van der Waals surface area contributed by atoms with E-state index in [4.69, 9.17) is 10.6 Å². The Bertz CT molecular complexity index is 519. The molecular weight excluding hydrogens is 280 g/mol. The number of hydrogen-bond acceptors (Lipinski definition) is 9. The molecule has 2 heterocycles. The van der Waals surface area contributed by atoms with Gasteiger partial charge in [-0.25, -0.2) is 10.8 Å². The van der Waals surface area contributed by atoms with Gasteiger partial charge < -0.3 is 14.7 Å². The van der Waals surface area contributed by atoms with Crippen molar-refractivity contribution < 1.29 is 14.8 Å². The molecule has 1 fully saturated rings. The lowest BCUT2D eigenvalue weighted by Crippen LogP contribution is -2.46. The quantitative estimate of drug-likeness (QED) is 0.378. The summed E-state index contributed by atoms with van der Waals surface area (Å²) in [6, 6.07) is 0. The summed E-state index contributed by atoms with van der Waals surface area (Å²) < 4.78 is 5.21. The summed E-state index contributed by atoms with van der Waals surface area (Å²) in [6.45, 7) is 1.13. The van der Waals surface area contributed by atoms with Gasteiger partial charge in [-0.3, -0.25) is 15.5 Å². The molecule has 1 aliphatic rings. The molecule has 10 nitrogen and oxygen atoms in total. The van der Waals surface area contributed by atoms with Crippen LogP contribution in [-0.2, 0) is 4.74 Å². The summed E-state index contributed by atoms with van der Waals surface area (Å²) >= 11 is 0. The smallest absolute Gasteiger partial charge is 0.329 e. The topological polar surface area (TPSA) is 140 Å². The number of aromatic nitrogens is 2. The monoisotopic (exact) mass is 298 g/mol. The van der Waals surface area contributed by atoms with Crippen LogP contribution in [0.2, 0.25) is 0 Å². The van der Waals surface area contributed by atoms with E-state index in [-0.39, 0.29) is 24.0 Å². The van der Waals surface area contributed by atoms with Gasteiger partial charge in [0, 0.05) is 39.6 Å². The number of nitro groups is 1. The molecule has 0 radical (unpaired) electrons. The number of hydrazine groups is 1. The van der Waals surface area contributed by atoms with Crippen LogP contribution in [-0.4, -0.2) is 52.4 Å². The molecule has 2 rings (SSSR count). The molecule has 10 heteroatoms. The SMILES string of the molecule is CN(CC1(O)CCOCC1)c1nc(NN)ncc1[N+](=O)[O-]. The van der Waals surface area contributed by atoms with E-state index in [2.05, 4.69) is 15.4 Å². The normalized spacial score (nSPS) is 17.3. The van der Waals surface area contributed by atoms with Crippen molar-refractivity contribution in [2.75, 3.05) is 37.1 Å². The summed E-state index contributed by atoms with van der Waals surface area (Å²) in [5.74, 6) is 5.40. The van der Waals surface area contributed by atoms with Gasteiger partial charge in [0.1, 0.15) is 6.20 Å². The Morgan fingerprint density at radius 1 is 1.62 bits per heavy atom. The first-order valence-corrected chi connectivity index (χ1v) is 6.44. The zero-order valence-corrected chi connectivity index (χ0v) is 11.7. The van der Waals surface area contributed by atoms with Gasteiger partial charge in [0.15, 0.2) is 0 Å². The van der Waals surface area contributed by atoms with Crippen molar-refractivity contribution in [1.29, 1.82) is 0 Å². The Morgan fingerprint density at radius 2 is 2.29 bits per heavy atom. The van der Waals surface area contributed by atoms with Crippen molar-refractivity contribution in [1.82, 2.24) is 9.97 Å². The minimum absolute atomic E-state index is 0.0708. The van der Waals surface area contributed by atoms with Crippen molar-refractivity contribution in [2.45, 2.75) is 18.4 Å². The predicted octanol–water partition coefficient (Wildman–Crippen LogP) is -0.352. The second-order valence-electron chi connectivity index (χ2n) is 5.00. The van der Waals surface area contributed by atoms with Gasteiger partial charge in [-0.15, -0.1) is 0 Å². The standard InChI is InChI=1S/C11H18N6O4/c1-16(7-11(18)2-4-21-5-3-11)9-8(17(19)20)6-13-10(14-9)15-12/h6,18H,2-5,7,12H2,1H3,(H,13,14,15). The van der Waals surface area contributed by atoms with Crippen molar-refractivity contribution in [3.8, 4) is 0 Å². The largest absolute Gasteiger partial charge is 0.388 e. The van der Waals surface area contributed by atoms with Crippen LogP contribution in [0.15, 0.2) is 6.20 Å². The predicted molar refractivity (Wildman–Crippen MR) is 74.8 cm³/mol. The molecule has 1 aromatic rings. The van der Waals surface area contributed by atoms with Crippen LogP contribution >= 0.6 is 0 Å². The first-order chi connectivity index (χ1) is 9.95. The third-order valence-electron chi connectivity index (χ3n) is 3.39. The Morgan fingerprint density at radius 3 is 2.86 bits per heavy atom. The van der Waals surface area contributed by atoms with Crippen LogP contribution in [0.4, 0.5) is 17.5 Å². The van der Waals surface area contributed by atoms with Gasteiger partial charge in [-0.2, -0.15) is 4.98 Å². The van der Waals surface area contributed by atoms with Crippen LogP contribution < -0.4 is 16.2 Å². The van der Waals surface area contributed by atoms with E-state index >= 15 is 0 Å². The summed E-state index contributed by atoms with van der Waals surface area (Å²) in [5.41, 5.74) is 1.05. The molecule has 0 bridgehead atoms. The molecule has 0 aliphatic carbocycles. The molecule has 0 amide bonds. The molecule has 4 N–H and O–H groups in total. The number of nitrogens with two attached hydrogens (primary N) is 1. The van der Waals surface area contributed by atoms with Crippen molar-refractivity contribution in [3.63, 3.8) is 0 Å². The second-order valence-corrected chi connectivity index (χ2v) is 5.00. The highest BCUT2D eigenvalue weighted by atomic mass is 16.6. The Hall–Kier alpha value is -2.04. The van der Waals surface area contributed by atoms with Crippen LogP contribution in [0.25, 0.3) is 0 Å². The summed E-state index contributed by atoms with van der Waals surface area (Å²) in [7, 11) is 1.63. The number of nitrogens with zero attached hydrogens (tertiary/aromatic N) is 4. The van der Waals surface area contributed by atoms with Crippen molar-refractivity contribution in [3.05, 3.63) is 16.3 Å². The highest BCUT2D eigenvalue weighted by molar-refractivity contribution is 5.58. The maximum absolute atomic E-state index is 11.1. The molecular formula is C11H18N6O4. The van der Waals surface area contributed by atoms with E-state index in [9.17, 15) is 15.2 Å². The van der Waals surface area contributed by atoms with Gasteiger partial charge in [0.25, 0.3) is 0 Å². The Kier molecular flexibility index (Phi) is 4.50. The number of nitrogens with one attached hydrogen (secondary N) is 1. The van der Waals surface area contributed by atoms with E-state index < -0.39 is 10.5 Å². The van der Waals surface area contributed by atoms with Crippen molar-refractivity contribution >= 4 is 17.5 Å². The number of rotatable bonds is 5. The lowest BCUT2D eigenvalue weighted by atomic mass is 9.94. The van der Waals surface area contributed by atoms with E-state index in [1.54, 1.807) is 7.05 Å². The van der Waals surface area contributed by atoms with Crippen LogP contribution in [0.5, 0.6) is 0 Å². The summed E-state index contributed by atoms with van der Waals surface area (Å²) in [6.07, 6.45) is 2.03. The molecule has 21 heavy (non-hydrogen) atoms. The first-order valence-electron chi connectivity index (χ1n) is 6.44. The van der Waals surface area contributed by atoms with E-state index in [0.717, 1.165) is 6.20 Å². The van der Waals surface area contributed by atoms with Crippen LogP contribution in [0, 0.1) is 10.1 Å². The zero-order valence-electron chi connectivity index (χ0n) is 11.7. The van der Waals surface area contributed by atoms with E-state index in [1.165, 1.54) is 4.90 Å². The minimum Gasteiger partial charge on any atom is -0.388 e. The molecule has 0 saturated carbocycles. The van der Waals surface area contributed by atoms with Crippen LogP contribution in [0.3, 0.4) is 0 Å². The Balaban J connectivity index is 2.24. The molecule has 1 aliphatic heterocycles. The number of likely N-dealkylation sites (N-methyl/N-ethyl adjacent to an activating group) is 1.